The van der Waals surface area contributed by atoms with Crippen molar-refractivity contribution in [3.63, 3.8) is 0 Å². The Kier molecular flexibility index (Phi) is 8.36. The van der Waals surface area contributed by atoms with Gasteiger partial charge in [-0.1, -0.05) is 43.7 Å². The van der Waals surface area contributed by atoms with Crippen LogP contribution in [0.5, 0.6) is 0 Å². The minimum absolute atomic E-state index is 0.00607. The standard InChI is InChI=1S/C25H34N2O9S/c1-16-13-27(24(29)26-22(16)28)23-20(36-37(4,30)31)21(33-14-18-10-6-5-7-11-18)25(35-23)17(2)9-8-12-19(25)34-15-32-3/h5-7,10-11,13,17,19-21,23H,8-9,12,14-15H2,1-4H3,(H,26,28,29)/t17-,19+,20-,21-,23-,25?/m1/s1. The molecular formula is C25H34N2O9S. The van der Waals surface area contributed by atoms with Gasteiger partial charge in [0.1, 0.15) is 18.5 Å². The molecule has 37 heavy (non-hydrogen) atoms. The van der Waals surface area contributed by atoms with Gasteiger partial charge in [-0.05, 0) is 31.2 Å². The number of hydrogen-bond acceptors (Lipinski definition) is 9. The van der Waals surface area contributed by atoms with Gasteiger partial charge in [0, 0.05) is 18.9 Å². The van der Waals surface area contributed by atoms with Crippen LogP contribution in [-0.2, 0) is 39.9 Å². The Balaban J connectivity index is 1.86. The number of benzene rings is 1. The molecule has 11 nitrogen and oxygen atoms in total. The molecule has 0 bridgehead atoms. The molecular weight excluding hydrogens is 504 g/mol. The number of nitrogens with zero attached hydrogens (tertiary/aromatic N) is 1. The van der Waals surface area contributed by atoms with E-state index < -0.39 is 51.5 Å². The van der Waals surface area contributed by atoms with Crippen molar-refractivity contribution < 1.29 is 31.5 Å². The second-order valence-electron chi connectivity index (χ2n) is 9.72. The summed E-state index contributed by atoms with van der Waals surface area (Å²) in [5.74, 6) is -0.154. The maximum atomic E-state index is 12.9. The summed E-state index contributed by atoms with van der Waals surface area (Å²) >= 11 is 0. The zero-order chi connectivity index (χ0) is 26.8. The summed E-state index contributed by atoms with van der Waals surface area (Å²) in [6.07, 6.45) is 0.571. The van der Waals surface area contributed by atoms with Crippen LogP contribution in [0.25, 0.3) is 0 Å². The number of ether oxygens (including phenoxy) is 4. The van der Waals surface area contributed by atoms with Crippen LogP contribution in [0.1, 0.15) is 43.5 Å². The van der Waals surface area contributed by atoms with Crippen LogP contribution in [0.4, 0.5) is 0 Å². The van der Waals surface area contributed by atoms with Crippen molar-refractivity contribution in [1.82, 2.24) is 9.55 Å². The molecule has 1 aliphatic heterocycles. The van der Waals surface area contributed by atoms with E-state index in [-0.39, 0.29) is 24.9 Å². The van der Waals surface area contributed by atoms with Crippen molar-refractivity contribution in [3.05, 3.63) is 68.5 Å². The lowest BCUT2D eigenvalue weighted by Crippen LogP contribution is -2.60. The lowest BCUT2D eigenvalue weighted by atomic mass is 9.70. The fourth-order valence-corrected chi connectivity index (χ4v) is 6.02. The summed E-state index contributed by atoms with van der Waals surface area (Å²) in [6, 6.07) is 9.43. The van der Waals surface area contributed by atoms with Crippen LogP contribution >= 0.6 is 0 Å². The van der Waals surface area contributed by atoms with Gasteiger partial charge >= 0.3 is 5.69 Å². The lowest BCUT2D eigenvalue weighted by Gasteiger charge is -2.48. The summed E-state index contributed by atoms with van der Waals surface area (Å²) in [5.41, 5.74) is -1.34. The number of rotatable bonds is 9. The van der Waals surface area contributed by atoms with Crippen molar-refractivity contribution in [1.29, 1.82) is 0 Å². The average Bonchev–Trinajstić information content (AvgIpc) is 3.14. The van der Waals surface area contributed by atoms with Gasteiger partial charge in [0.15, 0.2) is 12.3 Å². The Hall–Kier alpha value is -2.35. The first kappa shape index (κ1) is 27.7. The Bertz CT molecular complexity index is 1290. The van der Waals surface area contributed by atoms with Crippen LogP contribution in [-0.4, -0.2) is 62.0 Å². The highest BCUT2D eigenvalue weighted by Crippen LogP contribution is 2.52. The molecule has 1 aliphatic carbocycles. The first-order valence-corrected chi connectivity index (χ1v) is 14.0. The van der Waals surface area contributed by atoms with Crippen molar-refractivity contribution >= 4 is 10.1 Å². The average molecular weight is 539 g/mol. The quantitative estimate of drug-likeness (QED) is 0.375. The molecule has 1 aromatic heterocycles. The first-order chi connectivity index (χ1) is 17.6. The summed E-state index contributed by atoms with van der Waals surface area (Å²) in [5, 5.41) is 0. The number of hydrogen-bond donors (Lipinski definition) is 1. The van der Waals surface area contributed by atoms with Gasteiger partial charge in [-0.2, -0.15) is 8.42 Å². The summed E-state index contributed by atoms with van der Waals surface area (Å²) in [4.78, 5) is 27.2. The zero-order valence-electron chi connectivity index (χ0n) is 21.4. The van der Waals surface area contributed by atoms with E-state index in [9.17, 15) is 18.0 Å². The van der Waals surface area contributed by atoms with Crippen LogP contribution in [0.3, 0.4) is 0 Å². The highest BCUT2D eigenvalue weighted by molar-refractivity contribution is 7.86. The zero-order valence-corrected chi connectivity index (χ0v) is 22.2. The second kappa shape index (κ2) is 11.2. The van der Waals surface area contributed by atoms with E-state index in [4.69, 9.17) is 23.1 Å². The predicted octanol–water partition coefficient (Wildman–Crippen LogP) is 1.85. The van der Waals surface area contributed by atoms with Gasteiger partial charge < -0.3 is 18.9 Å². The second-order valence-corrected chi connectivity index (χ2v) is 11.3. The smallest absolute Gasteiger partial charge is 0.330 e. The van der Waals surface area contributed by atoms with E-state index in [1.807, 2.05) is 37.3 Å². The largest absolute Gasteiger partial charge is 0.367 e. The van der Waals surface area contributed by atoms with Gasteiger partial charge in [-0.15, -0.1) is 0 Å². The molecule has 2 aromatic rings. The van der Waals surface area contributed by atoms with E-state index >= 15 is 0 Å². The van der Waals surface area contributed by atoms with Gasteiger partial charge in [-0.25, -0.2) is 4.79 Å². The Morgan fingerprint density at radius 1 is 1.16 bits per heavy atom. The van der Waals surface area contributed by atoms with E-state index in [0.29, 0.717) is 6.42 Å². The summed E-state index contributed by atoms with van der Waals surface area (Å²) in [6.45, 7) is 3.68. The number of H-pyrrole nitrogens is 1. The van der Waals surface area contributed by atoms with Gasteiger partial charge in [0.25, 0.3) is 15.7 Å². The highest BCUT2D eigenvalue weighted by Gasteiger charge is 2.65. The Morgan fingerprint density at radius 2 is 1.89 bits per heavy atom. The lowest BCUT2D eigenvalue weighted by molar-refractivity contribution is -0.243. The molecule has 2 aliphatic rings. The van der Waals surface area contributed by atoms with Crippen LogP contribution < -0.4 is 11.2 Å². The maximum absolute atomic E-state index is 12.9. The van der Waals surface area contributed by atoms with Crippen molar-refractivity contribution in [3.8, 4) is 0 Å². The number of aromatic amines is 1. The number of aryl methyl sites for hydroxylation is 1. The van der Waals surface area contributed by atoms with Crippen molar-refractivity contribution in [2.75, 3.05) is 20.2 Å². The third-order valence-corrected chi connectivity index (χ3v) is 7.66. The van der Waals surface area contributed by atoms with Crippen LogP contribution in [0, 0.1) is 12.8 Å². The number of aromatic nitrogens is 2. The van der Waals surface area contributed by atoms with Gasteiger partial charge in [0.05, 0.1) is 19.0 Å². The predicted molar refractivity (Wildman–Crippen MR) is 133 cm³/mol. The summed E-state index contributed by atoms with van der Waals surface area (Å²) in [7, 11) is -2.50. The molecule has 6 atom stereocenters. The molecule has 1 spiro atoms. The molecule has 1 saturated heterocycles. The number of nitrogens with one attached hydrogen (secondary N) is 1. The normalized spacial score (nSPS) is 30.1. The van der Waals surface area contributed by atoms with E-state index in [1.54, 1.807) is 6.92 Å². The fraction of sp³-hybridized carbons (Fsp3) is 0.600. The molecule has 0 amide bonds. The van der Waals surface area contributed by atoms with Crippen LogP contribution in [0.2, 0.25) is 0 Å². The molecule has 1 N–H and O–H groups in total. The Labute approximate surface area is 215 Å². The molecule has 1 unspecified atom stereocenters. The van der Waals surface area contributed by atoms with Crippen molar-refractivity contribution in [2.45, 2.75) is 69.9 Å². The molecule has 204 valence electrons. The minimum Gasteiger partial charge on any atom is -0.367 e. The molecule has 0 radical (unpaired) electrons. The third-order valence-electron chi connectivity index (χ3n) is 7.09. The summed E-state index contributed by atoms with van der Waals surface area (Å²) < 4.78 is 56.1. The SMILES string of the molecule is COCO[C@H]1CCC[C@@H](C)C12O[C@@H](n1cc(C)c(=O)[nH]c1=O)[C@H](OS(C)(=O)=O)[C@H]2OCc1ccccc1. The highest BCUT2D eigenvalue weighted by atomic mass is 32.2. The molecule has 2 fully saturated rings. The topological polar surface area (TPSA) is 135 Å². The molecule has 2 heterocycles. The Morgan fingerprint density at radius 3 is 2.57 bits per heavy atom. The minimum atomic E-state index is -4.02. The van der Waals surface area contributed by atoms with Gasteiger partial charge in [-0.3, -0.25) is 18.5 Å². The maximum Gasteiger partial charge on any atom is 0.330 e. The molecule has 1 aromatic carbocycles. The van der Waals surface area contributed by atoms with Crippen LogP contribution in [0.15, 0.2) is 46.1 Å². The van der Waals surface area contributed by atoms with Gasteiger partial charge in [0.2, 0.25) is 0 Å². The van der Waals surface area contributed by atoms with E-state index in [2.05, 4.69) is 4.98 Å². The fourth-order valence-electron chi connectivity index (χ4n) is 5.42. The van der Waals surface area contributed by atoms with E-state index in [0.717, 1.165) is 29.2 Å². The van der Waals surface area contributed by atoms with E-state index in [1.165, 1.54) is 13.3 Å². The number of methoxy groups -OCH3 is 1. The first-order valence-electron chi connectivity index (χ1n) is 12.2. The monoisotopic (exact) mass is 538 g/mol. The molecule has 4 rings (SSSR count). The molecule has 12 heteroatoms. The van der Waals surface area contributed by atoms with Crippen molar-refractivity contribution in [2.24, 2.45) is 5.92 Å². The molecule has 1 saturated carbocycles. The third kappa shape index (κ3) is 5.74.